The van der Waals surface area contributed by atoms with Gasteiger partial charge in [0.1, 0.15) is 4.88 Å². The lowest BCUT2D eigenvalue weighted by Crippen LogP contribution is -1.91. The van der Waals surface area contributed by atoms with Gasteiger partial charge in [0.05, 0.1) is 4.88 Å². The van der Waals surface area contributed by atoms with Crippen LogP contribution in [0.25, 0.3) is 6.08 Å². The molecular formula is C14H9ClO3S. The maximum Gasteiger partial charge on any atom is 0.345 e. The molecule has 5 heteroatoms. The largest absolute Gasteiger partial charge is 0.477 e. The Morgan fingerprint density at radius 1 is 1.16 bits per heavy atom. The van der Waals surface area contributed by atoms with Crippen molar-refractivity contribution in [2.24, 2.45) is 0 Å². The number of benzene rings is 1. The molecule has 0 bridgehead atoms. The maximum atomic E-state index is 11.8. The van der Waals surface area contributed by atoms with Gasteiger partial charge in [-0.25, -0.2) is 4.79 Å². The smallest absolute Gasteiger partial charge is 0.345 e. The number of rotatable bonds is 4. The van der Waals surface area contributed by atoms with E-state index < -0.39 is 5.97 Å². The number of allylic oxidation sites excluding steroid dienone is 1. The molecule has 0 saturated heterocycles. The van der Waals surface area contributed by atoms with E-state index >= 15 is 0 Å². The highest BCUT2D eigenvalue weighted by molar-refractivity contribution is 7.16. The predicted molar refractivity (Wildman–Crippen MR) is 76.1 cm³/mol. The molecule has 0 aliphatic heterocycles. The Labute approximate surface area is 118 Å². The molecule has 0 aliphatic rings. The van der Waals surface area contributed by atoms with Gasteiger partial charge in [-0.05, 0) is 35.9 Å². The third-order valence-corrected chi connectivity index (χ3v) is 3.66. The van der Waals surface area contributed by atoms with E-state index in [-0.39, 0.29) is 10.7 Å². The summed E-state index contributed by atoms with van der Waals surface area (Å²) in [5.41, 5.74) is 0.816. The lowest BCUT2D eigenvalue weighted by Gasteiger charge is -1.93. The van der Waals surface area contributed by atoms with E-state index in [1.165, 1.54) is 18.2 Å². The van der Waals surface area contributed by atoms with Crippen LogP contribution in [-0.4, -0.2) is 16.9 Å². The minimum absolute atomic E-state index is 0.152. The van der Waals surface area contributed by atoms with Gasteiger partial charge in [0.25, 0.3) is 0 Å². The summed E-state index contributed by atoms with van der Waals surface area (Å²) >= 11 is 6.79. The molecular weight excluding hydrogens is 284 g/mol. The lowest BCUT2D eigenvalue weighted by molar-refractivity contribution is 0.0702. The average Bonchev–Trinajstić information content (AvgIpc) is 2.86. The summed E-state index contributed by atoms with van der Waals surface area (Å²) in [5.74, 6) is -1.25. The molecule has 2 aromatic rings. The van der Waals surface area contributed by atoms with Crippen LogP contribution in [0.4, 0.5) is 0 Å². The summed E-state index contributed by atoms with van der Waals surface area (Å²) in [6, 6.07) is 10.0. The van der Waals surface area contributed by atoms with Gasteiger partial charge in [-0.1, -0.05) is 29.8 Å². The number of carbonyl (C=O) groups excluding carboxylic acids is 1. The van der Waals surface area contributed by atoms with E-state index in [2.05, 4.69) is 0 Å². The van der Waals surface area contributed by atoms with Crippen molar-refractivity contribution >= 4 is 40.8 Å². The number of ketones is 1. The highest BCUT2D eigenvalue weighted by atomic mass is 35.5. The highest BCUT2D eigenvalue weighted by Gasteiger charge is 2.10. The molecule has 0 fully saturated rings. The maximum absolute atomic E-state index is 11.8. The fourth-order valence-electron chi connectivity index (χ4n) is 1.45. The Morgan fingerprint density at radius 2 is 1.89 bits per heavy atom. The van der Waals surface area contributed by atoms with E-state index in [0.717, 1.165) is 16.9 Å². The Bertz CT molecular complexity index is 658. The molecule has 0 aliphatic carbocycles. The molecule has 0 atom stereocenters. The van der Waals surface area contributed by atoms with Crippen molar-refractivity contribution < 1.29 is 14.7 Å². The van der Waals surface area contributed by atoms with Gasteiger partial charge in [0.2, 0.25) is 0 Å². The summed E-state index contributed by atoms with van der Waals surface area (Å²) in [6.45, 7) is 0. The van der Waals surface area contributed by atoms with Crippen molar-refractivity contribution in [1.29, 1.82) is 0 Å². The fourth-order valence-corrected chi connectivity index (χ4v) is 2.41. The van der Waals surface area contributed by atoms with Gasteiger partial charge < -0.3 is 5.11 Å². The molecule has 1 heterocycles. The van der Waals surface area contributed by atoms with E-state index in [1.54, 1.807) is 24.3 Å². The normalized spacial score (nSPS) is 10.8. The van der Waals surface area contributed by atoms with Crippen LogP contribution in [0.1, 0.15) is 24.9 Å². The quantitative estimate of drug-likeness (QED) is 0.684. The van der Waals surface area contributed by atoms with Crippen molar-refractivity contribution in [2.75, 3.05) is 0 Å². The standard InChI is InChI=1S/C14H9ClO3S/c15-10-3-1-2-9(8-10)4-5-11(16)12-6-7-13(19-12)14(17)18/h1-8H,(H,17,18)/b5-4+. The third kappa shape index (κ3) is 3.53. The van der Waals surface area contributed by atoms with Crippen molar-refractivity contribution in [1.82, 2.24) is 0 Å². The van der Waals surface area contributed by atoms with Gasteiger partial charge in [-0.3, -0.25) is 4.79 Å². The number of halogens is 1. The number of carboxylic acids is 1. The summed E-state index contributed by atoms with van der Waals surface area (Å²) < 4.78 is 0. The minimum Gasteiger partial charge on any atom is -0.477 e. The minimum atomic E-state index is -1.03. The van der Waals surface area contributed by atoms with Crippen LogP contribution in [0.15, 0.2) is 42.5 Å². The topological polar surface area (TPSA) is 54.4 Å². The van der Waals surface area contributed by atoms with Crippen LogP contribution in [0.5, 0.6) is 0 Å². The van der Waals surface area contributed by atoms with Crippen LogP contribution in [-0.2, 0) is 0 Å². The van der Waals surface area contributed by atoms with Gasteiger partial charge in [0, 0.05) is 5.02 Å². The second-order valence-electron chi connectivity index (χ2n) is 3.72. The molecule has 0 saturated carbocycles. The number of aromatic carboxylic acids is 1. The van der Waals surface area contributed by atoms with Crippen LogP contribution in [0.3, 0.4) is 0 Å². The first kappa shape index (κ1) is 13.5. The van der Waals surface area contributed by atoms with Gasteiger partial charge in [-0.2, -0.15) is 0 Å². The molecule has 1 aromatic heterocycles. The second-order valence-corrected chi connectivity index (χ2v) is 5.24. The van der Waals surface area contributed by atoms with Crippen LogP contribution >= 0.6 is 22.9 Å². The first-order valence-electron chi connectivity index (χ1n) is 5.37. The van der Waals surface area contributed by atoms with Crippen molar-refractivity contribution in [3.63, 3.8) is 0 Å². The highest BCUT2D eigenvalue weighted by Crippen LogP contribution is 2.18. The number of hydrogen-bond acceptors (Lipinski definition) is 3. The zero-order valence-electron chi connectivity index (χ0n) is 9.67. The zero-order chi connectivity index (χ0) is 13.8. The van der Waals surface area contributed by atoms with Gasteiger partial charge in [0.15, 0.2) is 5.78 Å². The Hall–Kier alpha value is -1.91. The summed E-state index contributed by atoms with van der Waals surface area (Å²) in [5, 5.41) is 9.38. The molecule has 0 radical (unpaired) electrons. The summed E-state index contributed by atoms with van der Waals surface area (Å²) in [7, 11) is 0. The monoisotopic (exact) mass is 292 g/mol. The second kappa shape index (κ2) is 5.82. The molecule has 19 heavy (non-hydrogen) atoms. The number of thiophene rings is 1. The number of carboxylic acid groups (broad SMARTS) is 1. The lowest BCUT2D eigenvalue weighted by atomic mass is 10.2. The van der Waals surface area contributed by atoms with E-state index in [9.17, 15) is 9.59 Å². The molecule has 1 aromatic carbocycles. The summed E-state index contributed by atoms with van der Waals surface area (Å²) in [4.78, 5) is 23.1. The fraction of sp³-hybridized carbons (Fsp3) is 0. The zero-order valence-corrected chi connectivity index (χ0v) is 11.2. The summed E-state index contributed by atoms with van der Waals surface area (Å²) in [6.07, 6.45) is 3.05. The molecule has 1 N–H and O–H groups in total. The first-order valence-corrected chi connectivity index (χ1v) is 6.57. The van der Waals surface area contributed by atoms with Gasteiger partial charge >= 0.3 is 5.97 Å². The van der Waals surface area contributed by atoms with Crippen LogP contribution < -0.4 is 0 Å². The Morgan fingerprint density at radius 3 is 2.53 bits per heavy atom. The van der Waals surface area contributed by atoms with E-state index in [4.69, 9.17) is 16.7 Å². The van der Waals surface area contributed by atoms with Crippen molar-refractivity contribution in [3.05, 3.63) is 62.8 Å². The predicted octanol–water partition coefficient (Wildman–Crippen LogP) is 4.00. The number of hydrogen-bond donors (Lipinski definition) is 1. The van der Waals surface area contributed by atoms with E-state index in [0.29, 0.717) is 9.90 Å². The molecule has 96 valence electrons. The molecule has 3 nitrogen and oxygen atoms in total. The van der Waals surface area contributed by atoms with Crippen molar-refractivity contribution in [3.8, 4) is 0 Å². The number of carbonyl (C=O) groups is 2. The molecule has 0 unspecified atom stereocenters. The molecule has 2 rings (SSSR count). The van der Waals surface area contributed by atoms with Crippen LogP contribution in [0, 0.1) is 0 Å². The Kier molecular flexibility index (Phi) is 4.14. The van der Waals surface area contributed by atoms with Crippen molar-refractivity contribution in [2.45, 2.75) is 0 Å². The molecule has 0 amide bonds. The third-order valence-electron chi connectivity index (χ3n) is 2.34. The Balaban J connectivity index is 2.14. The van der Waals surface area contributed by atoms with E-state index in [1.807, 2.05) is 6.07 Å². The van der Waals surface area contributed by atoms with Crippen LogP contribution in [0.2, 0.25) is 5.02 Å². The molecule has 0 spiro atoms. The first-order chi connectivity index (χ1) is 9.06. The van der Waals surface area contributed by atoms with Gasteiger partial charge in [-0.15, -0.1) is 11.3 Å². The average molecular weight is 293 g/mol. The SMILES string of the molecule is O=C(O)c1ccc(C(=O)/C=C/c2cccc(Cl)c2)s1.